The van der Waals surface area contributed by atoms with Gasteiger partial charge in [-0.3, -0.25) is 4.79 Å². The molecule has 3 rings (SSSR count). The molecule has 0 spiro atoms. The van der Waals surface area contributed by atoms with Crippen LogP contribution < -0.4 is 4.74 Å². The molecular formula is C17H13FO3. The highest BCUT2D eigenvalue weighted by Crippen LogP contribution is 2.41. The minimum atomic E-state index is -1.28. The van der Waals surface area contributed by atoms with E-state index in [0.29, 0.717) is 16.9 Å². The minimum Gasteiger partial charge on any atom is -0.497 e. The molecule has 1 atom stereocenters. The van der Waals surface area contributed by atoms with Crippen LogP contribution in [0.2, 0.25) is 0 Å². The zero-order valence-electron chi connectivity index (χ0n) is 11.3. The van der Waals surface area contributed by atoms with Crippen molar-refractivity contribution in [3.8, 4) is 5.75 Å². The van der Waals surface area contributed by atoms with E-state index in [-0.39, 0.29) is 11.1 Å². The number of rotatable bonds is 2. The van der Waals surface area contributed by atoms with Crippen molar-refractivity contribution in [1.82, 2.24) is 0 Å². The van der Waals surface area contributed by atoms with Gasteiger partial charge in [0.15, 0.2) is 5.78 Å². The van der Waals surface area contributed by atoms with Crippen LogP contribution in [0.15, 0.2) is 54.1 Å². The molecule has 0 amide bonds. The normalized spacial score (nSPS) is 19.4. The van der Waals surface area contributed by atoms with E-state index in [1.54, 1.807) is 48.5 Å². The number of ketones is 1. The third-order valence-electron chi connectivity index (χ3n) is 3.58. The summed E-state index contributed by atoms with van der Waals surface area (Å²) in [5.74, 6) is -0.660. The predicted molar refractivity (Wildman–Crippen MR) is 76.8 cm³/mol. The Hall–Kier alpha value is -2.46. The van der Waals surface area contributed by atoms with E-state index >= 15 is 0 Å². The molecule has 0 fully saturated rings. The molecular weight excluding hydrogens is 271 g/mol. The van der Waals surface area contributed by atoms with Crippen LogP contribution in [0.1, 0.15) is 27.6 Å². The van der Waals surface area contributed by atoms with Crippen molar-refractivity contribution < 1.29 is 19.0 Å². The van der Waals surface area contributed by atoms with Crippen LogP contribution in [-0.4, -0.2) is 18.0 Å². The van der Waals surface area contributed by atoms with Gasteiger partial charge in [-0.1, -0.05) is 30.3 Å². The molecule has 0 bridgehead atoms. The standard InChI is InChI=1S/C17H13FO3/c1-21-11-7-8-12-13(9-11)17(20)14(16(12)19)15(18)10-5-3-2-4-6-10/h2-9,17,20H,1H3. The Kier molecular flexibility index (Phi) is 3.31. The molecule has 2 aromatic rings. The SMILES string of the molecule is COc1ccc2c(c1)C(O)C(=C(F)c1ccccc1)C2=O. The van der Waals surface area contributed by atoms with Gasteiger partial charge >= 0.3 is 0 Å². The second kappa shape index (κ2) is 5.14. The third-order valence-corrected chi connectivity index (χ3v) is 3.58. The number of carbonyl (C=O) groups is 1. The molecule has 0 aliphatic heterocycles. The molecule has 106 valence electrons. The lowest BCUT2D eigenvalue weighted by atomic mass is 10.0. The number of hydrogen-bond donors (Lipinski definition) is 1. The first-order valence-electron chi connectivity index (χ1n) is 6.49. The highest BCUT2D eigenvalue weighted by Gasteiger charge is 2.36. The van der Waals surface area contributed by atoms with Gasteiger partial charge in [0.2, 0.25) is 0 Å². The van der Waals surface area contributed by atoms with E-state index < -0.39 is 17.7 Å². The van der Waals surface area contributed by atoms with Gasteiger partial charge in [-0.05, 0) is 18.2 Å². The van der Waals surface area contributed by atoms with Crippen molar-refractivity contribution in [2.45, 2.75) is 6.10 Å². The summed E-state index contributed by atoms with van der Waals surface area (Å²) >= 11 is 0. The maximum atomic E-state index is 14.6. The van der Waals surface area contributed by atoms with Crippen LogP contribution in [0.4, 0.5) is 4.39 Å². The Balaban J connectivity index is 2.13. The van der Waals surface area contributed by atoms with E-state index in [2.05, 4.69) is 0 Å². The number of aliphatic hydroxyl groups excluding tert-OH is 1. The fourth-order valence-corrected chi connectivity index (χ4v) is 2.49. The average molecular weight is 284 g/mol. The van der Waals surface area contributed by atoms with E-state index in [9.17, 15) is 14.3 Å². The van der Waals surface area contributed by atoms with Crippen molar-refractivity contribution in [2.75, 3.05) is 7.11 Å². The zero-order valence-corrected chi connectivity index (χ0v) is 11.3. The molecule has 1 aliphatic rings. The van der Waals surface area contributed by atoms with Crippen molar-refractivity contribution in [2.24, 2.45) is 0 Å². The van der Waals surface area contributed by atoms with Gasteiger partial charge in [-0.2, -0.15) is 0 Å². The summed E-state index contributed by atoms with van der Waals surface area (Å²) in [5, 5.41) is 10.3. The van der Waals surface area contributed by atoms with Gasteiger partial charge in [0.05, 0.1) is 12.7 Å². The van der Waals surface area contributed by atoms with Crippen molar-refractivity contribution in [3.05, 3.63) is 70.8 Å². The Bertz CT molecular complexity index is 735. The van der Waals surface area contributed by atoms with Gasteiger partial charge in [-0.25, -0.2) is 4.39 Å². The van der Waals surface area contributed by atoms with Gasteiger partial charge in [0.25, 0.3) is 0 Å². The second-order valence-corrected chi connectivity index (χ2v) is 4.78. The van der Waals surface area contributed by atoms with E-state index in [4.69, 9.17) is 4.74 Å². The molecule has 1 unspecified atom stereocenters. The monoisotopic (exact) mass is 284 g/mol. The summed E-state index contributed by atoms with van der Waals surface area (Å²) in [6.45, 7) is 0. The number of fused-ring (bicyclic) bond motifs is 1. The number of hydrogen-bond acceptors (Lipinski definition) is 3. The smallest absolute Gasteiger partial charge is 0.195 e. The minimum absolute atomic E-state index is 0.218. The molecule has 3 nitrogen and oxygen atoms in total. The quantitative estimate of drug-likeness (QED) is 0.861. The van der Waals surface area contributed by atoms with E-state index in [1.165, 1.54) is 7.11 Å². The molecule has 1 aliphatic carbocycles. The predicted octanol–water partition coefficient (Wildman–Crippen LogP) is 3.31. The Morgan fingerprint density at radius 3 is 2.57 bits per heavy atom. The molecule has 0 saturated heterocycles. The molecule has 0 heterocycles. The molecule has 1 N–H and O–H groups in total. The molecule has 0 saturated carbocycles. The van der Waals surface area contributed by atoms with Gasteiger partial charge in [-0.15, -0.1) is 0 Å². The Morgan fingerprint density at radius 2 is 1.90 bits per heavy atom. The first-order valence-corrected chi connectivity index (χ1v) is 6.49. The summed E-state index contributed by atoms with van der Waals surface area (Å²) in [6, 6.07) is 13.0. The van der Waals surface area contributed by atoms with Gasteiger partial charge in [0, 0.05) is 16.7 Å². The van der Waals surface area contributed by atoms with Gasteiger partial charge < -0.3 is 9.84 Å². The summed E-state index contributed by atoms with van der Waals surface area (Å²) in [5.41, 5.74) is 0.744. The summed E-state index contributed by atoms with van der Waals surface area (Å²) < 4.78 is 19.6. The van der Waals surface area contributed by atoms with Crippen LogP contribution in [0.25, 0.3) is 5.83 Å². The maximum absolute atomic E-state index is 14.6. The number of halogens is 1. The van der Waals surface area contributed by atoms with Crippen LogP contribution in [0, 0.1) is 0 Å². The maximum Gasteiger partial charge on any atom is 0.195 e. The first-order chi connectivity index (χ1) is 10.1. The molecule has 4 heteroatoms. The number of methoxy groups -OCH3 is 1. The van der Waals surface area contributed by atoms with Crippen LogP contribution >= 0.6 is 0 Å². The number of aliphatic hydroxyl groups is 1. The van der Waals surface area contributed by atoms with Crippen molar-refractivity contribution >= 4 is 11.6 Å². The number of benzene rings is 2. The van der Waals surface area contributed by atoms with Gasteiger partial charge in [0.1, 0.15) is 17.7 Å². The topological polar surface area (TPSA) is 46.5 Å². The number of Topliss-reactive ketones (excluding diaryl/α,β-unsaturated/α-hetero) is 1. The zero-order chi connectivity index (χ0) is 15.0. The molecule has 0 aromatic heterocycles. The molecule has 0 radical (unpaired) electrons. The van der Waals surface area contributed by atoms with Crippen LogP contribution in [-0.2, 0) is 0 Å². The Morgan fingerprint density at radius 1 is 1.19 bits per heavy atom. The summed E-state index contributed by atoms with van der Waals surface area (Å²) in [7, 11) is 1.49. The molecule has 2 aromatic carbocycles. The van der Waals surface area contributed by atoms with E-state index in [0.717, 1.165) is 0 Å². The first kappa shape index (κ1) is 13.5. The number of ether oxygens (including phenoxy) is 1. The lowest BCUT2D eigenvalue weighted by Crippen LogP contribution is -2.02. The average Bonchev–Trinajstić information content (AvgIpc) is 2.78. The summed E-state index contributed by atoms with van der Waals surface area (Å²) in [6.07, 6.45) is -1.28. The molecule has 21 heavy (non-hydrogen) atoms. The summed E-state index contributed by atoms with van der Waals surface area (Å²) in [4.78, 5) is 12.3. The third kappa shape index (κ3) is 2.14. The van der Waals surface area contributed by atoms with E-state index in [1.807, 2.05) is 0 Å². The van der Waals surface area contributed by atoms with Crippen molar-refractivity contribution in [3.63, 3.8) is 0 Å². The van der Waals surface area contributed by atoms with Crippen molar-refractivity contribution in [1.29, 1.82) is 0 Å². The Labute approximate surface area is 121 Å². The number of carbonyl (C=O) groups excluding carboxylic acids is 1. The highest BCUT2D eigenvalue weighted by atomic mass is 19.1. The highest BCUT2D eigenvalue weighted by molar-refractivity contribution is 6.17. The largest absolute Gasteiger partial charge is 0.497 e. The lowest BCUT2D eigenvalue weighted by Gasteiger charge is -2.08. The fourth-order valence-electron chi connectivity index (χ4n) is 2.49. The second-order valence-electron chi connectivity index (χ2n) is 4.78. The van der Waals surface area contributed by atoms with Crippen LogP contribution in [0.5, 0.6) is 5.75 Å². The fraction of sp³-hybridized carbons (Fsp3) is 0.118. The lowest BCUT2D eigenvalue weighted by molar-refractivity contribution is 0.101. The van der Waals surface area contributed by atoms with Crippen LogP contribution in [0.3, 0.4) is 0 Å².